The Morgan fingerprint density at radius 3 is 2.41 bits per heavy atom. The first-order chi connectivity index (χ1) is 14.1. The molecule has 0 bridgehead atoms. The Balaban J connectivity index is 0.000000231. The molecule has 0 spiro atoms. The number of rotatable bonds is 5. The zero-order chi connectivity index (χ0) is 21.2. The molecular formula is C23H30ClN3O2. The first-order valence-electron chi connectivity index (χ1n) is 9.72. The Hall–Kier alpha value is -2.34. The lowest BCUT2D eigenvalue weighted by Gasteiger charge is -2.34. The van der Waals surface area contributed by atoms with E-state index in [2.05, 4.69) is 16.3 Å². The molecule has 2 fully saturated rings. The predicted octanol–water partition coefficient (Wildman–Crippen LogP) is 4.18. The SMILES string of the molecule is CNc1ccccc1N.CO.O=Cc1ccc(C=C2CN(CC3CC3)C2)c(Cl)c1. The highest BCUT2D eigenvalue weighted by Gasteiger charge is 2.28. The third-order valence-corrected chi connectivity index (χ3v) is 5.14. The molecule has 29 heavy (non-hydrogen) atoms. The number of hydrogen-bond acceptors (Lipinski definition) is 5. The summed E-state index contributed by atoms with van der Waals surface area (Å²) in [6, 6.07) is 13.1. The quantitative estimate of drug-likeness (QED) is 0.504. The molecule has 0 aromatic heterocycles. The van der Waals surface area contributed by atoms with E-state index < -0.39 is 0 Å². The molecule has 1 aliphatic heterocycles. The van der Waals surface area contributed by atoms with E-state index in [4.69, 9.17) is 22.4 Å². The first kappa shape index (κ1) is 22.9. The van der Waals surface area contributed by atoms with Gasteiger partial charge in [-0.3, -0.25) is 9.69 Å². The number of carbonyl (C=O) groups excluding carboxylic acids is 1. The summed E-state index contributed by atoms with van der Waals surface area (Å²) >= 11 is 6.15. The van der Waals surface area contributed by atoms with Crippen molar-refractivity contribution in [3.05, 3.63) is 64.2 Å². The summed E-state index contributed by atoms with van der Waals surface area (Å²) in [6.45, 7) is 3.40. The zero-order valence-electron chi connectivity index (χ0n) is 17.1. The third kappa shape index (κ3) is 7.20. The minimum atomic E-state index is 0.631. The maximum Gasteiger partial charge on any atom is 0.150 e. The van der Waals surface area contributed by atoms with Gasteiger partial charge in [-0.15, -0.1) is 0 Å². The highest BCUT2D eigenvalue weighted by Crippen LogP contribution is 2.32. The van der Waals surface area contributed by atoms with E-state index in [-0.39, 0.29) is 0 Å². The second-order valence-corrected chi connectivity index (χ2v) is 7.56. The van der Waals surface area contributed by atoms with Gasteiger partial charge in [-0.05, 0) is 48.1 Å². The second-order valence-electron chi connectivity index (χ2n) is 7.15. The van der Waals surface area contributed by atoms with Gasteiger partial charge in [0.15, 0.2) is 0 Å². The number of aliphatic hydroxyl groups is 1. The van der Waals surface area contributed by atoms with Gasteiger partial charge >= 0.3 is 0 Å². The summed E-state index contributed by atoms with van der Waals surface area (Å²) in [7, 11) is 2.85. The maximum atomic E-state index is 10.6. The van der Waals surface area contributed by atoms with Crippen molar-refractivity contribution in [2.24, 2.45) is 5.92 Å². The lowest BCUT2D eigenvalue weighted by atomic mass is 10.0. The zero-order valence-corrected chi connectivity index (χ0v) is 17.8. The summed E-state index contributed by atoms with van der Waals surface area (Å²) in [6.07, 6.45) is 5.80. The molecule has 2 aromatic rings. The maximum absolute atomic E-state index is 10.6. The minimum absolute atomic E-state index is 0.631. The number of nitrogen functional groups attached to an aromatic ring is 1. The summed E-state index contributed by atoms with van der Waals surface area (Å²) in [5.74, 6) is 0.960. The summed E-state index contributed by atoms with van der Waals surface area (Å²) in [5.41, 5.74) is 10.4. The number of nitrogens with one attached hydrogen (secondary N) is 1. The first-order valence-corrected chi connectivity index (χ1v) is 10.1. The van der Waals surface area contributed by atoms with Crippen LogP contribution in [0.1, 0.15) is 28.8 Å². The second kappa shape index (κ2) is 11.6. The van der Waals surface area contributed by atoms with Gasteiger partial charge < -0.3 is 16.2 Å². The monoisotopic (exact) mass is 415 g/mol. The van der Waals surface area contributed by atoms with Crippen LogP contribution in [0.5, 0.6) is 0 Å². The van der Waals surface area contributed by atoms with Crippen molar-refractivity contribution < 1.29 is 9.90 Å². The molecular weight excluding hydrogens is 386 g/mol. The van der Waals surface area contributed by atoms with Crippen molar-refractivity contribution in [1.29, 1.82) is 0 Å². The number of likely N-dealkylation sites (tertiary alicyclic amines) is 1. The van der Waals surface area contributed by atoms with Crippen LogP contribution in [0.15, 0.2) is 48.0 Å². The summed E-state index contributed by atoms with van der Waals surface area (Å²) in [5, 5.41) is 10.6. The molecule has 0 radical (unpaired) electrons. The van der Waals surface area contributed by atoms with Gasteiger partial charge in [-0.1, -0.05) is 41.9 Å². The molecule has 1 aliphatic carbocycles. The van der Waals surface area contributed by atoms with Gasteiger partial charge in [-0.2, -0.15) is 0 Å². The molecule has 5 nitrogen and oxygen atoms in total. The molecule has 0 atom stereocenters. The molecule has 1 heterocycles. The number of aldehydes is 1. The number of nitrogens with zero attached hydrogens (tertiary/aromatic N) is 1. The average Bonchev–Trinajstić information content (AvgIpc) is 3.54. The van der Waals surface area contributed by atoms with E-state index in [1.807, 2.05) is 43.4 Å². The van der Waals surface area contributed by atoms with Crippen LogP contribution in [0.2, 0.25) is 5.02 Å². The normalized spacial score (nSPS) is 15.1. The van der Waals surface area contributed by atoms with E-state index in [0.717, 1.165) is 49.3 Å². The minimum Gasteiger partial charge on any atom is -0.400 e. The number of aliphatic hydroxyl groups excluding tert-OH is 1. The third-order valence-electron chi connectivity index (χ3n) is 4.82. The molecule has 0 unspecified atom stereocenters. The number of hydrogen-bond donors (Lipinski definition) is 3. The number of anilines is 2. The number of benzene rings is 2. The van der Waals surface area contributed by atoms with Crippen LogP contribution in [0.4, 0.5) is 11.4 Å². The van der Waals surface area contributed by atoms with E-state index in [0.29, 0.717) is 10.6 Å². The van der Waals surface area contributed by atoms with Crippen molar-refractivity contribution in [3.63, 3.8) is 0 Å². The Kier molecular flexibility index (Phi) is 9.19. The van der Waals surface area contributed by atoms with E-state index in [1.54, 1.807) is 6.07 Å². The fourth-order valence-corrected chi connectivity index (χ4v) is 3.34. The molecule has 4 N–H and O–H groups in total. The van der Waals surface area contributed by atoms with Crippen LogP contribution in [-0.2, 0) is 0 Å². The average molecular weight is 416 g/mol. The lowest BCUT2D eigenvalue weighted by molar-refractivity contribution is 0.112. The van der Waals surface area contributed by atoms with Crippen LogP contribution in [0.25, 0.3) is 6.08 Å². The van der Waals surface area contributed by atoms with Gasteiger partial charge in [0.2, 0.25) is 0 Å². The van der Waals surface area contributed by atoms with Crippen LogP contribution < -0.4 is 11.1 Å². The fourth-order valence-electron chi connectivity index (χ4n) is 3.09. The lowest BCUT2D eigenvalue weighted by Crippen LogP contribution is -2.41. The van der Waals surface area contributed by atoms with Gasteiger partial charge in [0, 0.05) is 44.4 Å². The Labute approximate surface area is 178 Å². The molecule has 6 heteroatoms. The summed E-state index contributed by atoms with van der Waals surface area (Å²) < 4.78 is 0. The highest BCUT2D eigenvalue weighted by atomic mass is 35.5. The largest absolute Gasteiger partial charge is 0.400 e. The van der Waals surface area contributed by atoms with Crippen molar-refractivity contribution in [1.82, 2.24) is 4.90 Å². The van der Waals surface area contributed by atoms with Crippen molar-refractivity contribution >= 4 is 35.3 Å². The fraction of sp³-hybridized carbons (Fsp3) is 0.348. The van der Waals surface area contributed by atoms with Crippen LogP contribution in [0.3, 0.4) is 0 Å². The number of carbonyl (C=O) groups is 1. The van der Waals surface area contributed by atoms with Crippen LogP contribution >= 0.6 is 11.6 Å². The number of halogens is 1. The smallest absolute Gasteiger partial charge is 0.150 e. The van der Waals surface area contributed by atoms with Gasteiger partial charge in [0.25, 0.3) is 0 Å². The number of para-hydroxylation sites is 2. The molecule has 0 amide bonds. The molecule has 1 saturated carbocycles. The van der Waals surface area contributed by atoms with Crippen molar-refractivity contribution in [2.75, 3.05) is 44.8 Å². The summed E-state index contributed by atoms with van der Waals surface area (Å²) in [4.78, 5) is 13.1. The van der Waals surface area contributed by atoms with Gasteiger partial charge in [0.1, 0.15) is 6.29 Å². The van der Waals surface area contributed by atoms with E-state index in [1.165, 1.54) is 25.0 Å². The predicted molar refractivity (Wildman–Crippen MR) is 123 cm³/mol. The van der Waals surface area contributed by atoms with Gasteiger partial charge in [0.05, 0.1) is 11.4 Å². The van der Waals surface area contributed by atoms with Gasteiger partial charge in [-0.25, -0.2) is 0 Å². The Morgan fingerprint density at radius 2 is 1.90 bits per heavy atom. The Bertz CT molecular complexity index is 827. The molecule has 4 rings (SSSR count). The van der Waals surface area contributed by atoms with Crippen LogP contribution in [-0.4, -0.2) is 50.1 Å². The Morgan fingerprint density at radius 1 is 1.21 bits per heavy atom. The topological polar surface area (TPSA) is 78.6 Å². The molecule has 2 aliphatic rings. The number of nitrogens with two attached hydrogens (primary N) is 1. The standard InChI is InChI=1S/C15H16ClNO.C7H10N2.CH4O/c16-15-6-12(10-18)3-4-14(15)5-13-8-17(9-13)7-11-1-2-11;1-9-7-5-3-2-4-6(7)8;1-2/h3-6,10-11H,1-2,7-9H2;2-5,9H,8H2,1H3;2H,1H3. The highest BCUT2D eigenvalue weighted by molar-refractivity contribution is 6.32. The molecule has 2 aromatic carbocycles. The van der Waals surface area contributed by atoms with Crippen molar-refractivity contribution in [2.45, 2.75) is 12.8 Å². The molecule has 156 valence electrons. The molecule has 1 saturated heterocycles. The van der Waals surface area contributed by atoms with Crippen molar-refractivity contribution in [3.8, 4) is 0 Å². The van der Waals surface area contributed by atoms with Crippen LogP contribution in [0, 0.1) is 5.92 Å². The van der Waals surface area contributed by atoms with E-state index in [9.17, 15) is 4.79 Å². The van der Waals surface area contributed by atoms with E-state index >= 15 is 0 Å².